The van der Waals surface area contributed by atoms with Crippen LogP contribution in [0.15, 0.2) is 81.6 Å². The van der Waals surface area contributed by atoms with Crippen molar-refractivity contribution in [1.29, 1.82) is 0 Å². The van der Waals surface area contributed by atoms with Gasteiger partial charge in [-0.3, -0.25) is 0 Å². The number of aryl methyl sites for hydroxylation is 1. The molecule has 5 nitrogen and oxygen atoms in total. The number of hydrogen-bond acceptors (Lipinski definition) is 5. The highest BCUT2D eigenvalue weighted by Gasteiger charge is 2.08. The standard InChI is InChI=1S/C24H17N3O2/c1-16-7-13-21-20(15-16)25-23(28-21)19-11-8-17(9-12-19)10-14-22-26-27-24(29-22)18-5-3-2-4-6-18/h2-15H,1H3. The van der Waals surface area contributed by atoms with Crippen LogP contribution in [-0.4, -0.2) is 15.2 Å². The summed E-state index contributed by atoms with van der Waals surface area (Å²) in [7, 11) is 0. The zero-order valence-electron chi connectivity index (χ0n) is 15.7. The molecule has 0 spiro atoms. The summed E-state index contributed by atoms with van der Waals surface area (Å²) < 4.78 is 11.6. The molecule has 0 N–H and O–H groups in total. The predicted octanol–water partition coefficient (Wildman–Crippen LogP) is 6.02. The Morgan fingerprint density at radius 3 is 2.34 bits per heavy atom. The lowest BCUT2D eigenvalue weighted by molar-refractivity contribution is 0.558. The Balaban J connectivity index is 1.34. The summed E-state index contributed by atoms with van der Waals surface area (Å²) in [5.74, 6) is 1.58. The van der Waals surface area contributed by atoms with Crippen LogP contribution in [0.1, 0.15) is 17.0 Å². The SMILES string of the molecule is Cc1ccc2oc(-c3ccc(C=Cc4nnc(-c5ccccc5)o4)cc3)nc2c1. The van der Waals surface area contributed by atoms with Gasteiger partial charge in [-0.25, -0.2) is 4.98 Å². The molecule has 140 valence electrons. The summed E-state index contributed by atoms with van der Waals surface area (Å²) >= 11 is 0. The Morgan fingerprint density at radius 2 is 1.52 bits per heavy atom. The average Bonchev–Trinajstić information content (AvgIpc) is 3.40. The number of oxazole rings is 1. The third-order valence-electron chi connectivity index (χ3n) is 4.58. The van der Waals surface area contributed by atoms with Crippen molar-refractivity contribution < 1.29 is 8.83 Å². The Morgan fingerprint density at radius 1 is 0.724 bits per heavy atom. The molecule has 0 fully saturated rings. The van der Waals surface area contributed by atoms with E-state index in [1.54, 1.807) is 6.08 Å². The number of benzene rings is 3. The maximum atomic E-state index is 5.86. The number of rotatable bonds is 4. The van der Waals surface area contributed by atoms with Gasteiger partial charge in [-0.2, -0.15) is 0 Å². The molecule has 0 bridgehead atoms. The van der Waals surface area contributed by atoms with Crippen molar-refractivity contribution >= 4 is 23.3 Å². The number of nitrogens with zero attached hydrogens (tertiary/aromatic N) is 3. The molecule has 0 radical (unpaired) electrons. The van der Waals surface area contributed by atoms with Gasteiger partial charge < -0.3 is 8.83 Å². The highest BCUT2D eigenvalue weighted by atomic mass is 16.4. The second-order valence-electron chi connectivity index (χ2n) is 6.76. The molecule has 2 heterocycles. The lowest BCUT2D eigenvalue weighted by atomic mass is 10.1. The molecule has 0 saturated carbocycles. The molecule has 0 atom stereocenters. The Labute approximate surface area is 167 Å². The van der Waals surface area contributed by atoms with Gasteiger partial charge in [0, 0.05) is 17.2 Å². The molecule has 29 heavy (non-hydrogen) atoms. The van der Waals surface area contributed by atoms with Crippen molar-refractivity contribution in [1.82, 2.24) is 15.2 Å². The van der Waals surface area contributed by atoms with Crippen molar-refractivity contribution in [3.63, 3.8) is 0 Å². The number of hydrogen-bond donors (Lipinski definition) is 0. The fourth-order valence-electron chi connectivity index (χ4n) is 3.06. The maximum Gasteiger partial charge on any atom is 0.248 e. The minimum atomic E-state index is 0.460. The molecule has 2 aromatic heterocycles. The zero-order valence-corrected chi connectivity index (χ0v) is 15.7. The third-order valence-corrected chi connectivity index (χ3v) is 4.58. The number of aromatic nitrogens is 3. The van der Waals surface area contributed by atoms with Crippen molar-refractivity contribution in [3.8, 4) is 22.9 Å². The molecule has 5 heteroatoms. The summed E-state index contributed by atoms with van der Waals surface area (Å²) in [4.78, 5) is 4.58. The third kappa shape index (κ3) is 3.58. The quantitative estimate of drug-likeness (QED) is 0.382. The molecule has 0 aliphatic heterocycles. The van der Waals surface area contributed by atoms with Crippen molar-refractivity contribution in [2.45, 2.75) is 6.92 Å². The van der Waals surface area contributed by atoms with E-state index >= 15 is 0 Å². The van der Waals surface area contributed by atoms with Crippen LogP contribution < -0.4 is 0 Å². The van der Waals surface area contributed by atoms with Crippen LogP contribution in [0.4, 0.5) is 0 Å². The first-order chi connectivity index (χ1) is 14.2. The maximum absolute atomic E-state index is 5.86. The monoisotopic (exact) mass is 379 g/mol. The van der Waals surface area contributed by atoms with Gasteiger partial charge >= 0.3 is 0 Å². The van der Waals surface area contributed by atoms with E-state index in [9.17, 15) is 0 Å². The summed E-state index contributed by atoms with van der Waals surface area (Å²) in [6, 6.07) is 23.7. The lowest BCUT2D eigenvalue weighted by Gasteiger charge is -1.96. The Hall–Kier alpha value is -3.99. The van der Waals surface area contributed by atoms with Crippen LogP contribution in [-0.2, 0) is 0 Å². The molecule has 5 aromatic rings. The van der Waals surface area contributed by atoms with Crippen LogP contribution in [0.2, 0.25) is 0 Å². The van der Waals surface area contributed by atoms with Crippen LogP contribution in [0.3, 0.4) is 0 Å². The zero-order chi connectivity index (χ0) is 19.6. The van der Waals surface area contributed by atoms with Crippen molar-refractivity contribution in [2.75, 3.05) is 0 Å². The fraction of sp³-hybridized carbons (Fsp3) is 0.0417. The molecule has 0 saturated heterocycles. The molecule has 5 rings (SSSR count). The molecular weight excluding hydrogens is 362 g/mol. The largest absolute Gasteiger partial charge is 0.436 e. The molecule has 0 aliphatic carbocycles. The highest BCUT2D eigenvalue weighted by molar-refractivity contribution is 5.77. The molecule has 0 aliphatic rings. The highest BCUT2D eigenvalue weighted by Crippen LogP contribution is 2.25. The van der Waals surface area contributed by atoms with E-state index in [4.69, 9.17) is 8.83 Å². The summed E-state index contributed by atoms with van der Waals surface area (Å²) in [6.07, 6.45) is 3.73. The van der Waals surface area contributed by atoms with Crippen molar-refractivity contribution in [3.05, 3.63) is 89.8 Å². The molecule has 3 aromatic carbocycles. The van der Waals surface area contributed by atoms with E-state index in [2.05, 4.69) is 15.2 Å². The minimum absolute atomic E-state index is 0.460. The first-order valence-electron chi connectivity index (χ1n) is 9.29. The van der Waals surface area contributed by atoms with Crippen LogP contribution in [0, 0.1) is 6.92 Å². The second kappa shape index (κ2) is 7.20. The van der Waals surface area contributed by atoms with Gasteiger partial charge in [-0.05, 0) is 60.5 Å². The first kappa shape index (κ1) is 17.1. The van der Waals surface area contributed by atoms with Gasteiger partial charge in [0.1, 0.15) is 5.52 Å². The van der Waals surface area contributed by atoms with Gasteiger partial charge in [0.2, 0.25) is 17.7 Å². The summed E-state index contributed by atoms with van der Waals surface area (Å²) in [5.41, 5.74) is 5.67. The van der Waals surface area contributed by atoms with Gasteiger partial charge in [-0.15, -0.1) is 10.2 Å². The van der Waals surface area contributed by atoms with Gasteiger partial charge in [0.25, 0.3) is 0 Å². The first-order valence-corrected chi connectivity index (χ1v) is 9.29. The van der Waals surface area contributed by atoms with E-state index in [0.717, 1.165) is 33.4 Å². The van der Waals surface area contributed by atoms with Crippen molar-refractivity contribution in [2.24, 2.45) is 0 Å². The second-order valence-corrected chi connectivity index (χ2v) is 6.76. The van der Waals surface area contributed by atoms with Gasteiger partial charge in [0.05, 0.1) is 0 Å². The van der Waals surface area contributed by atoms with Crippen LogP contribution in [0.25, 0.3) is 46.2 Å². The molecule has 0 amide bonds. The molecular formula is C24H17N3O2. The lowest BCUT2D eigenvalue weighted by Crippen LogP contribution is -1.78. The minimum Gasteiger partial charge on any atom is -0.436 e. The Bertz CT molecular complexity index is 1300. The normalized spacial score (nSPS) is 11.5. The summed E-state index contributed by atoms with van der Waals surface area (Å²) in [5, 5.41) is 8.17. The van der Waals surface area contributed by atoms with E-state index in [1.807, 2.05) is 85.8 Å². The number of fused-ring (bicyclic) bond motifs is 1. The average molecular weight is 379 g/mol. The fourth-order valence-corrected chi connectivity index (χ4v) is 3.06. The predicted molar refractivity (Wildman–Crippen MR) is 113 cm³/mol. The molecule has 0 unspecified atom stereocenters. The smallest absolute Gasteiger partial charge is 0.248 e. The van der Waals surface area contributed by atoms with E-state index in [1.165, 1.54) is 0 Å². The van der Waals surface area contributed by atoms with Gasteiger partial charge in [0.15, 0.2) is 5.58 Å². The topological polar surface area (TPSA) is 65.0 Å². The van der Waals surface area contributed by atoms with E-state index in [-0.39, 0.29) is 0 Å². The van der Waals surface area contributed by atoms with Crippen LogP contribution >= 0.6 is 0 Å². The van der Waals surface area contributed by atoms with E-state index in [0.29, 0.717) is 17.7 Å². The van der Waals surface area contributed by atoms with E-state index < -0.39 is 0 Å². The Kier molecular flexibility index (Phi) is 4.26. The summed E-state index contributed by atoms with van der Waals surface area (Å²) in [6.45, 7) is 2.04. The van der Waals surface area contributed by atoms with Crippen LogP contribution in [0.5, 0.6) is 0 Å². The van der Waals surface area contributed by atoms with Gasteiger partial charge in [-0.1, -0.05) is 36.4 Å².